The van der Waals surface area contributed by atoms with Gasteiger partial charge in [0, 0.05) is 12.1 Å². The SMILES string of the molecule is CCOc1ccccc1CNC(C(=O)OC)C(C)CC. The molecule has 0 aliphatic rings. The normalized spacial score (nSPS) is 13.6. The van der Waals surface area contributed by atoms with Crippen molar-refractivity contribution in [2.75, 3.05) is 13.7 Å². The molecule has 0 radical (unpaired) electrons. The topological polar surface area (TPSA) is 47.6 Å². The maximum Gasteiger partial charge on any atom is 0.323 e. The maximum absolute atomic E-state index is 11.8. The van der Waals surface area contributed by atoms with Gasteiger partial charge in [-0.05, 0) is 18.9 Å². The first-order chi connectivity index (χ1) is 9.63. The number of esters is 1. The number of benzene rings is 1. The van der Waals surface area contributed by atoms with Crippen molar-refractivity contribution in [1.82, 2.24) is 5.32 Å². The molecule has 1 aromatic carbocycles. The first kappa shape index (κ1) is 16.5. The summed E-state index contributed by atoms with van der Waals surface area (Å²) in [6.07, 6.45) is 0.917. The van der Waals surface area contributed by atoms with Crippen LogP contribution in [0.3, 0.4) is 0 Å². The van der Waals surface area contributed by atoms with Crippen molar-refractivity contribution < 1.29 is 14.3 Å². The average molecular weight is 279 g/mol. The Morgan fingerprint density at radius 2 is 2.00 bits per heavy atom. The molecule has 2 atom stereocenters. The number of hydrogen-bond donors (Lipinski definition) is 1. The third kappa shape index (κ3) is 4.53. The van der Waals surface area contributed by atoms with E-state index in [1.54, 1.807) is 0 Å². The fourth-order valence-corrected chi connectivity index (χ4v) is 2.05. The quantitative estimate of drug-likeness (QED) is 0.743. The highest BCUT2D eigenvalue weighted by Crippen LogP contribution is 2.18. The summed E-state index contributed by atoms with van der Waals surface area (Å²) in [5.74, 6) is 0.866. The monoisotopic (exact) mass is 279 g/mol. The van der Waals surface area contributed by atoms with Gasteiger partial charge in [-0.3, -0.25) is 10.1 Å². The Bertz CT molecular complexity index is 420. The molecule has 1 aromatic rings. The zero-order valence-corrected chi connectivity index (χ0v) is 12.8. The van der Waals surface area contributed by atoms with Crippen LogP contribution in [0, 0.1) is 5.92 Å². The first-order valence-corrected chi connectivity index (χ1v) is 7.15. The summed E-state index contributed by atoms with van der Waals surface area (Å²) in [7, 11) is 1.42. The van der Waals surface area contributed by atoms with Gasteiger partial charge in [0.05, 0.1) is 13.7 Å². The number of ether oxygens (including phenoxy) is 2. The van der Waals surface area contributed by atoms with E-state index < -0.39 is 0 Å². The molecular weight excluding hydrogens is 254 g/mol. The van der Waals surface area contributed by atoms with E-state index in [2.05, 4.69) is 12.2 Å². The van der Waals surface area contributed by atoms with Gasteiger partial charge in [-0.2, -0.15) is 0 Å². The summed E-state index contributed by atoms with van der Waals surface area (Å²) in [5, 5.41) is 3.28. The Balaban J connectivity index is 2.74. The lowest BCUT2D eigenvalue weighted by Crippen LogP contribution is -2.42. The van der Waals surface area contributed by atoms with E-state index in [-0.39, 0.29) is 17.9 Å². The molecule has 0 aromatic heterocycles. The number of rotatable bonds is 8. The summed E-state index contributed by atoms with van der Waals surface area (Å²) >= 11 is 0. The Labute approximate surface area is 121 Å². The molecule has 0 aliphatic heterocycles. The van der Waals surface area contributed by atoms with Crippen LogP contribution in [0.15, 0.2) is 24.3 Å². The van der Waals surface area contributed by atoms with Crippen LogP contribution in [0.4, 0.5) is 0 Å². The molecule has 0 heterocycles. The summed E-state index contributed by atoms with van der Waals surface area (Å²) < 4.78 is 10.5. The van der Waals surface area contributed by atoms with E-state index >= 15 is 0 Å². The predicted molar refractivity (Wildman–Crippen MR) is 79.7 cm³/mol. The standard InChI is InChI=1S/C16H25NO3/c1-5-12(3)15(16(18)19-4)17-11-13-9-7-8-10-14(13)20-6-2/h7-10,12,15,17H,5-6,11H2,1-4H3. The number of nitrogens with one attached hydrogen (secondary N) is 1. The molecule has 0 fully saturated rings. The lowest BCUT2D eigenvalue weighted by Gasteiger charge is -2.22. The molecule has 1 N–H and O–H groups in total. The van der Waals surface area contributed by atoms with Crippen LogP contribution in [0.2, 0.25) is 0 Å². The minimum absolute atomic E-state index is 0.215. The Morgan fingerprint density at radius 1 is 1.30 bits per heavy atom. The zero-order chi connectivity index (χ0) is 15.0. The van der Waals surface area contributed by atoms with Crippen molar-refractivity contribution in [3.8, 4) is 5.75 Å². The van der Waals surface area contributed by atoms with Crippen LogP contribution in [0.1, 0.15) is 32.8 Å². The van der Waals surface area contributed by atoms with Crippen LogP contribution in [0.25, 0.3) is 0 Å². The van der Waals surface area contributed by atoms with E-state index in [0.717, 1.165) is 17.7 Å². The average Bonchev–Trinajstić information content (AvgIpc) is 2.48. The largest absolute Gasteiger partial charge is 0.494 e. The first-order valence-electron chi connectivity index (χ1n) is 7.15. The second-order valence-electron chi connectivity index (χ2n) is 4.81. The summed E-state index contributed by atoms with van der Waals surface area (Å²) in [6, 6.07) is 7.57. The number of carbonyl (C=O) groups is 1. The molecule has 0 amide bonds. The minimum Gasteiger partial charge on any atom is -0.494 e. The van der Waals surface area contributed by atoms with Crippen molar-refractivity contribution in [2.24, 2.45) is 5.92 Å². The van der Waals surface area contributed by atoms with Gasteiger partial charge in [0.15, 0.2) is 0 Å². The van der Waals surface area contributed by atoms with Gasteiger partial charge in [-0.1, -0.05) is 38.5 Å². The number of methoxy groups -OCH3 is 1. The van der Waals surface area contributed by atoms with Gasteiger partial charge >= 0.3 is 5.97 Å². The molecule has 0 saturated heterocycles. The van der Waals surface area contributed by atoms with Gasteiger partial charge < -0.3 is 9.47 Å². The number of carbonyl (C=O) groups excluding carboxylic acids is 1. The molecule has 0 aliphatic carbocycles. The van der Waals surface area contributed by atoms with E-state index in [1.807, 2.05) is 38.1 Å². The van der Waals surface area contributed by atoms with Crippen molar-refractivity contribution in [1.29, 1.82) is 0 Å². The maximum atomic E-state index is 11.8. The van der Waals surface area contributed by atoms with Crippen LogP contribution >= 0.6 is 0 Å². The van der Waals surface area contributed by atoms with Gasteiger partial charge in [0.1, 0.15) is 11.8 Å². The fourth-order valence-electron chi connectivity index (χ4n) is 2.05. The second kappa shape index (κ2) is 8.59. The summed E-state index contributed by atoms with van der Waals surface area (Å²) in [5.41, 5.74) is 1.05. The second-order valence-corrected chi connectivity index (χ2v) is 4.81. The van der Waals surface area contributed by atoms with Crippen molar-refractivity contribution >= 4 is 5.97 Å². The fraction of sp³-hybridized carbons (Fsp3) is 0.562. The molecule has 1 rings (SSSR count). The minimum atomic E-state index is -0.292. The predicted octanol–water partition coefficient (Wildman–Crippen LogP) is 2.76. The molecule has 4 nitrogen and oxygen atoms in total. The molecule has 20 heavy (non-hydrogen) atoms. The summed E-state index contributed by atoms with van der Waals surface area (Å²) in [6.45, 7) is 7.28. The molecular formula is C16H25NO3. The number of para-hydroxylation sites is 1. The lowest BCUT2D eigenvalue weighted by atomic mass is 9.99. The smallest absolute Gasteiger partial charge is 0.323 e. The Kier molecular flexibility index (Phi) is 7.09. The highest BCUT2D eigenvalue weighted by atomic mass is 16.5. The molecule has 0 spiro atoms. The van der Waals surface area contributed by atoms with Gasteiger partial charge in [-0.15, -0.1) is 0 Å². The Morgan fingerprint density at radius 3 is 2.60 bits per heavy atom. The highest BCUT2D eigenvalue weighted by molar-refractivity contribution is 5.76. The van der Waals surface area contributed by atoms with E-state index in [9.17, 15) is 4.79 Å². The zero-order valence-electron chi connectivity index (χ0n) is 12.8. The third-order valence-corrected chi connectivity index (χ3v) is 3.45. The van der Waals surface area contributed by atoms with Gasteiger partial charge in [-0.25, -0.2) is 0 Å². The van der Waals surface area contributed by atoms with Crippen molar-refractivity contribution in [3.05, 3.63) is 29.8 Å². The summed E-state index contributed by atoms with van der Waals surface area (Å²) in [4.78, 5) is 11.8. The lowest BCUT2D eigenvalue weighted by molar-refractivity contribution is -0.144. The third-order valence-electron chi connectivity index (χ3n) is 3.45. The van der Waals surface area contributed by atoms with E-state index in [1.165, 1.54) is 7.11 Å². The van der Waals surface area contributed by atoms with Gasteiger partial charge in [0.2, 0.25) is 0 Å². The van der Waals surface area contributed by atoms with E-state index in [4.69, 9.17) is 9.47 Å². The van der Waals surface area contributed by atoms with Crippen molar-refractivity contribution in [3.63, 3.8) is 0 Å². The molecule has 0 bridgehead atoms. The highest BCUT2D eigenvalue weighted by Gasteiger charge is 2.24. The Hall–Kier alpha value is -1.55. The van der Waals surface area contributed by atoms with E-state index in [0.29, 0.717) is 13.2 Å². The van der Waals surface area contributed by atoms with Crippen LogP contribution in [0.5, 0.6) is 5.75 Å². The van der Waals surface area contributed by atoms with Crippen LogP contribution in [-0.4, -0.2) is 25.7 Å². The molecule has 112 valence electrons. The molecule has 0 saturated carbocycles. The van der Waals surface area contributed by atoms with Crippen LogP contribution in [-0.2, 0) is 16.1 Å². The van der Waals surface area contributed by atoms with Gasteiger partial charge in [0.25, 0.3) is 0 Å². The van der Waals surface area contributed by atoms with Crippen molar-refractivity contribution in [2.45, 2.75) is 39.8 Å². The number of hydrogen-bond acceptors (Lipinski definition) is 4. The molecule has 4 heteroatoms. The molecule has 2 unspecified atom stereocenters. The van der Waals surface area contributed by atoms with Crippen LogP contribution < -0.4 is 10.1 Å².